The van der Waals surface area contributed by atoms with Gasteiger partial charge >= 0.3 is 0 Å². The number of hydrogen-bond donors (Lipinski definition) is 4. The summed E-state index contributed by atoms with van der Waals surface area (Å²) in [6.07, 6.45) is 1.34. The van der Waals surface area contributed by atoms with Gasteiger partial charge < -0.3 is 10.6 Å². The smallest absolute Gasteiger partial charge is 0.267 e. The summed E-state index contributed by atoms with van der Waals surface area (Å²) in [5, 5.41) is 15.1. The highest BCUT2D eigenvalue weighted by Gasteiger charge is 2.15. The second-order valence-electron chi connectivity index (χ2n) is 6.50. The van der Waals surface area contributed by atoms with E-state index in [1.807, 2.05) is 13.0 Å². The Kier molecular flexibility index (Phi) is 7.00. The SMILES string of the molecule is Cc1cccc(Cl)c1NC(=O)c1cnc(Nc2cc(=O)n(CCC(=O)NO)c(C)n2)s1. The van der Waals surface area contributed by atoms with Crippen molar-refractivity contribution in [2.24, 2.45) is 0 Å². The topological polar surface area (TPSA) is 138 Å². The maximum atomic E-state index is 12.5. The third kappa shape index (κ3) is 5.45. The van der Waals surface area contributed by atoms with Crippen molar-refractivity contribution in [1.82, 2.24) is 20.0 Å². The molecule has 0 saturated carbocycles. The van der Waals surface area contributed by atoms with Crippen LogP contribution in [-0.2, 0) is 11.3 Å². The third-order valence-electron chi connectivity index (χ3n) is 4.31. The number of nitrogens with zero attached hydrogens (tertiary/aromatic N) is 3. The van der Waals surface area contributed by atoms with Crippen molar-refractivity contribution in [1.29, 1.82) is 0 Å². The third-order valence-corrected chi connectivity index (χ3v) is 5.54. The second kappa shape index (κ2) is 9.69. The van der Waals surface area contributed by atoms with Crippen LogP contribution in [0.15, 0.2) is 35.3 Å². The molecule has 0 unspecified atom stereocenters. The van der Waals surface area contributed by atoms with Gasteiger partial charge in [-0.15, -0.1) is 0 Å². The number of carbonyl (C=O) groups is 2. The van der Waals surface area contributed by atoms with E-state index in [2.05, 4.69) is 20.6 Å². The van der Waals surface area contributed by atoms with E-state index in [-0.39, 0.29) is 30.2 Å². The van der Waals surface area contributed by atoms with E-state index in [1.165, 1.54) is 22.3 Å². The minimum atomic E-state index is -0.603. The van der Waals surface area contributed by atoms with Crippen LogP contribution in [0.4, 0.5) is 16.6 Å². The monoisotopic (exact) mass is 462 g/mol. The van der Waals surface area contributed by atoms with E-state index < -0.39 is 5.91 Å². The summed E-state index contributed by atoms with van der Waals surface area (Å²) >= 11 is 7.24. The minimum absolute atomic E-state index is 0.0679. The van der Waals surface area contributed by atoms with E-state index >= 15 is 0 Å². The summed E-state index contributed by atoms with van der Waals surface area (Å²) in [6, 6.07) is 6.59. The van der Waals surface area contributed by atoms with Crippen LogP contribution in [0, 0.1) is 13.8 Å². The lowest BCUT2D eigenvalue weighted by molar-refractivity contribution is -0.129. The Morgan fingerprint density at radius 3 is 2.74 bits per heavy atom. The molecule has 31 heavy (non-hydrogen) atoms. The molecule has 0 aliphatic rings. The number of amides is 2. The van der Waals surface area contributed by atoms with Crippen LogP contribution >= 0.6 is 22.9 Å². The number of halogens is 1. The first-order chi connectivity index (χ1) is 14.8. The van der Waals surface area contributed by atoms with Gasteiger partial charge in [0.15, 0.2) is 5.13 Å². The lowest BCUT2D eigenvalue weighted by Crippen LogP contribution is -2.27. The van der Waals surface area contributed by atoms with Crippen molar-refractivity contribution >= 4 is 51.4 Å². The summed E-state index contributed by atoms with van der Waals surface area (Å²) < 4.78 is 1.31. The fraction of sp³-hybridized carbons (Fsp3) is 0.211. The van der Waals surface area contributed by atoms with Gasteiger partial charge in [0.05, 0.1) is 16.9 Å². The van der Waals surface area contributed by atoms with Gasteiger partial charge in [-0.2, -0.15) is 0 Å². The molecule has 12 heteroatoms. The molecule has 0 fully saturated rings. The van der Waals surface area contributed by atoms with E-state index in [1.54, 1.807) is 19.1 Å². The van der Waals surface area contributed by atoms with Crippen molar-refractivity contribution in [2.75, 3.05) is 10.6 Å². The first-order valence-corrected chi connectivity index (χ1v) is 10.3. The highest BCUT2D eigenvalue weighted by atomic mass is 35.5. The summed E-state index contributed by atoms with van der Waals surface area (Å²) in [5.74, 6) is -0.324. The summed E-state index contributed by atoms with van der Waals surface area (Å²) in [4.78, 5) is 44.8. The first kappa shape index (κ1) is 22.4. The van der Waals surface area contributed by atoms with Gasteiger partial charge in [0.1, 0.15) is 16.5 Å². The van der Waals surface area contributed by atoms with Crippen molar-refractivity contribution in [3.05, 3.63) is 62.1 Å². The molecule has 2 heterocycles. The zero-order valence-electron chi connectivity index (χ0n) is 16.6. The number of carbonyl (C=O) groups excluding carboxylic acids is 2. The summed E-state index contributed by atoms with van der Waals surface area (Å²) in [6.45, 7) is 3.54. The van der Waals surface area contributed by atoms with Gasteiger partial charge in [-0.25, -0.2) is 15.4 Å². The number of aromatic nitrogens is 3. The lowest BCUT2D eigenvalue weighted by atomic mass is 10.2. The number of para-hydroxylation sites is 1. The Bertz CT molecular complexity index is 1170. The average Bonchev–Trinajstić information content (AvgIpc) is 3.18. The quantitative estimate of drug-likeness (QED) is 0.313. The fourth-order valence-corrected chi connectivity index (χ4v) is 3.73. The van der Waals surface area contributed by atoms with Crippen LogP contribution in [0.5, 0.6) is 0 Å². The molecule has 0 aliphatic heterocycles. The van der Waals surface area contributed by atoms with Gasteiger partial charge in [-0.05, 0) is 25.5 Å². The standard InChI is InChI=1S/C19H19ClN6O4S/c1-10-4-3-5-12(20)17(10)24-18(29)13-9-21-19(31-13)23-14-8-16(28)26(11(2)22-14)7-6-15(27)25-30/h3-5,8-9,30H,6-7H2,1-2H3,(H,21,23)(H,24,29)(H,25,27). The Morgan fingerprint density at radius 2 is 2.06 bits per heavy atom. The number of anilines is 3. The van der Waals surface area contributed by atoms with E-state index in [4.69, 9.17) is 16.8 Å². The zero-order chi connectivity index (χ0) is 22.5. The molecule has 1 aromatic carbocycles. The van der Waals surface area contributed by atoms with Crippen LogP contribution in [-0.4, -0.2) is 31.6 Å². The van der Waals surface area contributed by atoms with Crippen LogP contribution in [0.1, 0.15) is 27.5 Å². The number of hydroxylamine groups is 1. The summed E-state index contributed by atoms with van der Waals surface area (Å²) in [7, 11) is 0. The van der Waals surface area contributed by atoms with Crippen LogP contribution < -0.4 is 21.7 Å². The molecular weight excluding hydrogens is 444 g/mol. The minimum Gasteiger partial charge on any atom is -0.320 e. The van der Waals surface area contributed by atoms with Crippen LogP contribution in [0.3, 0.4) is 0 Å². The molecule has 4 N–H and O–H groups in total. The molecule has 3 rings (SSSR count). The molecule has 3 aromatic rings. The van der Waals surface area contributed by atoms with Gasteiger partial charge in [0.25, 0.3) is 11.5 Å². The number of thiazole rings is 1. The van der Waals surface area contributed by atoms with Gasteiger partial charge in [0, 0.05) is 19.0 Å². The Balaban J connectivity index is 1.71. The maximum absolute atomic E-state index is 12.5. The van der Waals surface area contributed by atoms with Crippen molar-refractivity contribution < 1.29 is 14.8 Å². The lowest BCUT2D eigenvalue weighted by Gasteiger charge is -2.10. The maximum Gasteiger partial charge on any atom is 0.267 e. The highest BCUT2D eigenvalue weighted by molar-refractivity contribution is 7.17. The van der Waals surface area contributed by atoms with Gasteiger partial charge in [0.2, 0.25) is 5.91 Å². The number of rotatable bonds is 7. The molecule has 2 amide bonds. The molecule has 0 radical (unpaired) electrons. The number of hydrogen-bond acceptors (Lipinski definition) is 8. The Hall–Kier alpha value is -3.28. The normalized spacial score (nSPS) is 10.6. The average molecular weight is 463 g/mol. The molecule has 0 bridgehead atoms. The van der Waals surface area contributed by atoms with E-state index in [0.717, 1.165) is 16.9 Å². The predicted octanol–water partition coefficient (Wildman–Crippen LogP) is 2.86. The van der Waals surface area contributed by atoms with E-state index in [9.17, 15) is 14.4 Å². The van der Waals surface area contributed by atoms with Crippen molar-refractivity contribution in [3.63, 3.8) is 0 Å². The molecule has 0 aliphatic carbocycles. The van der Waals surface area contributed by atoms with Crippen LogP contribution in [0.2, 0.25) is 5.02 Å². The Labute approximate surface area is 185 Å². The highest BCUT2D eigenvalue weighted by Crippen LogP contribution is 2.27. The molecule has 10 nitrogen and oxygen atoms in total. The molecule has 0 saturated heterocycles. The number of nitrogens with one attached hydrogen (secondary N) is 3. The largest absolute Gasteiger partial charge is 0.320 e. The zero-order valence-corrected chi connectivity index (χ0v) is 18.2. The van der Waals surface area contributed by atoms with Gasteiger partial charge in [-0.3, -0.25) is 24.2 Å². The Morgan fingerprint density at radius 1 is 1.29 bits per heavy atom. The van der Waals surface area contributed by atoms with Gasteiger partial charge in [-0.1, -0.05) is 35.1 Å². The molecule has 2 aromatic heterocycles. The van der Waals surface area contributed by atoms with Crippen LogP contribution in [0.25, 0.3) is 0 Å². The van der Waals surface area contributed by atoms with E-state index in [0.29, 0.717) is 26.5 Å². The van der Waals surface area contributed by atoms with Crippen molar-refractivity contribution in [2.45, 2.75) is 26.8 Å². The number of aryl methyl sites for hydroxylation is 2. The first-order valence-electron chi connectivity index (χ1n) is 9.09. The van der Waals surface area contributed by atoms with Crippen molar-refractivity contribution in [3.8, 4) is 0 Å². The summed E-state index contributed by atoms with van der Waals surface area (Å²) in [5.41, 5.74) is 2.51. The predicted molar refractivity (Wildman–Crippen MR) is 117 cm³/mol. The molecular formula is C19H19ClN6O4S. The second-order valence-corrected chi connectivity index (χ2v) is 7.94. The molecule has 0 atom stereocenters. The number of benzene rings is 1. The fourth-order valence-electron chi connectivity index (χ4n) is 2.74. The molecule has 0 spiro atoms. The molecule has 162 valence electrons.